The summed E-state index contributed by atoms with van der Waals surface area (Å²) in [5, 5.41) is 6.24. The van der Waals surface area contributed by atoms with Crippen molar-refractivity contribution in [3.8, 4) is 0 Å². The van der Waals surface area contributed by atoms with E-state index in [0.29, 0.717) is 18.5 Å². The Morgan fingerprint density at radius 1 is 1.62 bits per heavy atom. The molecule has 1 aromatic heterocycles. The van der Waals surface area contributed by atoms with Gasteiger partial charge in [-0.1, -0.05) is 0 Å². The Bertz CT molecular complexity index is 504. The lowest BCUT2D eigenvalue weighted by Gasteiger charge is -2.06. The van der Waals surface area contributed by atoms with E-state index < -0.39 is 9.84 Å². The number of aromatic amines is 1. The Balaban J connectivity index is 2.12. The van der Waals surface area contributed by atoms with Crippen LogP contribution in [0.1, 0.15) is 35.9 Å². The van der Waals surface area contributed by atoms with Gasteiger partial charge >= 0.3 is 0 Å². The number of ketones is 1. The molecular weight excluding hydrogens is 228 g/mol. The number of nitrogens with zero attached hydrogens (tertiary/aromatic N) is 1. The molecule has 2 rings (SSSR count). The van der Waals surface area contributed by atoms with Crippen molar-refractivity contribution < 1.29 is 13.2 Å². The zero-order valence-corrected chi connectivity index (χ0v) is 9.88. The first-order valence-corrected chi connectivity index (χ1v) is 6.97. The number of carbonyl (C=O) groups is 1. The third-order valence-electron chi connectivity index (χ3n) is 2.90. The Labute approximate surface area is 94.2 Å². The van der Waals surface area contributed by atoms with Crippen molar-refractivity contribution in [2.24, 2.45) is 0 Å². The summed E-state index contributed by atoms with van der Waals surface area (Å²) < 4.78 is 23.2. The van der Waals surface area contributed by atoms with E-state index >= 15 is 0 Å². The summed E-state index contributed by atoms with van der Waals surface area (Å²) in [7, 11) is -2.93. The normalized spacial score (nSPS) is 23.4. The molecule has 0 spiro atoms. The summed E-state index contributed by atoms with van der Waals surface area (Å²) in [5.74, 6) is 0.169. The van der Waals surface area contributed by atoms with Gasteiger partial charge in [-0.2, -0.15) is 5.10 Å². The van der Waals surface area contributed by atoms with Crippen LogP contribution in [-0.4, -0.2) is 35.4 Å². The van der Waals surface area contributed by atoms with Crippen molar-refractivity contribution >= 4 is 15.6 Å². The molecule has 0 aromatic carbocycles. The van der Waals surface area contributed by atoms with Gasteiger partial charge in [-0.3, -0.25) is 9.89 Å². The molecule has 1 N–H and O–H groups in total. The van der Waals surface area contributed by atoms with Crippen molar-refractivity contribution in [2.75, 3.05) is 5.75 Å². The molecule has 6 heteroatoms. The number of rotatable bonds is 3. The van der Waals surface area contributed by atoms with E-state index in [2.05, 4.69) is 10.2 Å². The highest BCUT2D eigenvalue weighted by molar-refractivity contribution is 7.92. The molecule has 1 aliphatic rings. The van der Waals surface area contributed by atoms with Crippen LogP contribution in [0.25, 0.3) is 0 Å². The molecule has 1 unspecified atom stereocenters. The first kappa shape index (κ1) is 11.3. The summed E-state index contributed by atoms with van der Waals surface area (Å²) in [6, 6.07) is 1.64. The van der Waals surface area contributed by atoms with Crippen LogP contribution in [0, 0.1) is 0 Å². The maximum Gasteiger partial charge on any atom is 0.179 e. The highest BCUT2D eigenvalue weighted by Crippen LogP contribution is 2.23. The second kappa shape index (κ2) is 4.01. The zero-order valence-electron chi connectivity index (χ0n) is 9.06. The molecule has 5 nitrogen and oxygen atoms in total. The Kier molecular flexibility index (Phi) is 2.84. The van der Waals surface area contributed by atoms with Crippen LogP contribution in [0.3, 0.4) is 0 Å². The average Bonchev–Trinajstić information content (AvgIpc) is 2.75. The summed E-state index contributed by atoms with van der Waals surface area (Å²) in [6.45, 7) is 1.44. The second-order valence-electron chi connectivity index (χ2n) is 4.17. The molecule has 0 radical (unpaired) electrons. The SMILES string of the molecule is CC(=O)c1cc(CC2CCCS2(=O)=O)[nH]n1. The Morgan fingerprint density at radius 3 is 2.88 bits per heavy atom. The summed E-state index contributed by atoms with van der Waals surface area (Å²) in [6.07, 6.45) is 1.88. The van der Waals surface area contributed by atoms with Crippen molar-refractivity contribution in [3.63, 3.8) is 0 Å². The van der Waals surface area contributed by atoms with E-state index in [0.717, 1.165) is 12.1 Å². The van der Waals surface area contributed by atoms with E-state index in [4.69, 9.17) is 0 Å². The number of aromatic nitrogens is 2. The van der Waals surface area contributed by atoms with Crippen LogP contribution in [0.15, 0.2) is 6.07 Å². The summed E-state index contributed by atoms with van der Waals surface area (Å²) in [5.41, 5.74) is 1.09. The molecule has 1 atom stereocenters. The summed E-state index contributed by atoms with van der Waals surface area (Å²) in [4.78, 5) is 11.0. The molecule has 0 bridgehead atoms. The highest BCUT2D eigenvalue weighted by atomic mass is 32.2. The zero-order chi connectivity index (χ0) is 11.8. The average molecular weight is 242 g/mol. The van der Waals surface area contributed by atoms with E-state index in [1.165, 1.54) is 6.92 Å². The number of carbonyl (C=O) groups excluding carboxylic acids is 1. The number of hydrogen-bond acceptors (Lipinski definition) is 4. The molecule has 16 heavy (non-hydrogen) atoms. The summed E-state index contributed by atoms with van der Waals surface area (Å²) >= 11 is 0. The number of nitrogens with one attached hydrogen (secondary N) is 1. The van der Waals surface area contributed by atoms with Gasteiger partial charge in [0, 0.05) is 19.0 Å². The largest absolute Gasteiger partial charge is 0.293 e. The molecule has 1 aliphatic heterocycles. The maximum absolute atomic E-state index is 11.6. The second-order valence-corrected chi connectivity index (χ2v) is 6.57. The van der Waals surface area contributed by atoms with Crippen molar-refractivity contribution in [3.05, 3.63) is 17.5 Å². The van der Waals surface area contributed by atoms with Crippen molar-refractivity contribution in [2.45, 2.75) is 31.4 Å². The van der Waals surface area contributed by atoms with Crippen LogP contribution < -0.4 is 0 Å². The van der Waals surface area contributed by atoms with Gasteiger partial charge in [-0.05, 0) is 18.9 Å². The van der Waals surface area contributed by atoms with Gasteiger partial charge in [0.05, 0.1) is 11.0 Å². The number of hydrogen-bond donors (Lipinski definition) is 1. The fourth-order valence-electron chi connectivity index (χ4n) is 1.98. The van der Waals surface area contributed by atoms with Gasteiger partial charge in [0.15, 0.2) is 15.6 Å². The first-order valence-electron chi connectivity index (χ1n) is 5.26. The Morgan fingerprint density at radius 2 is 2.38 bits per heavy atom. The van der Waals surface area contributed by atoms with Crippen LogP contribution in [0.5, 0.6) is 0 Å². The molecule has 0 aliphatic carbocycles. The topological polar surface area (TPSA) is 79.9 Å². The van der Waals surface area contributed by atoms with Crippen LogP contribution in [0.4, 0.5) is 0 Å². The third kappa shape index (κ3) is 2.16. The lowest BCUT2D eigenvalue weighted by Crippen LogP contribution is -2.18. The monoisotopic (exact) mass is 242 g/mol. The number of sulfone groups is 1. The van der Waals surface area contributed by atoms with Gasteiger partial charge in [-0.15, -0.1) is 0 Å². The predicted octanol–water partition coefficient (Wildman–Crippen LogP) is 0.732. The van der Waals surface area contributed by atoms with Crippen LogP contribution in [-0.2, 0) is 16.3 Å². The minimum Gasteiger partial charge on any atom is -0.293 e. The molecule has 2 heterocycles. The van der Waals surface area contributed by atoms with Gasteiger partial charge < -0.3 is 0 Å². The van der Waals surface area contributed by atoms with E-state index in [1.807, 2.05) is 0 Å². The number of H-pyrrole nitrogens is 1. The minimum absolute atomic E-state index is 0.114. The van der Waals surface area contributed by atoms with Crippen molar-refractivity contribution in [1.82, 2.24) is 10.2 Å². The smallest absolute Gasteiger partial charge is 0.179 e. The minimum atomic E-state index is -2.93. The van der Waals surface area contributed by atoms with E-state index in [-0.39, 0.29) is 16.8 Å². The fourth-order valence-corrected chi connectivity index (χ4v) is 3.84. The number of Topliss-reactive ketones (excluding diaryl/α,β-unsaturated/α-hetero) is 1. The lowest BCUT2D eigenvalue weighted by molar-refractivity contribution is 0.101. The molecule has 1 aromatic rings. The molecule has 0 saturated carbocycles. The van der Waals surface area contributed by atoms with Crippen LogP contribution in [0.2, 0.25) is 0 Å². The molecule has 0 amide bonds. The van der Waals surface area contributed by atoms with Gasteiger partial charge in [0.1, 0.15) is 5.69 Å². The van der Waals surface area contributed by atoms with Gasteiger partial charge in [0.25, 0.3) is 0 Å². The Hall–Kier alpha value is -1.17. The molecular formula is C10H14N2O3S. The van der Waals surface area contributed by atoms with Crippen LogP contribution >= 0.6 is 0 Å². The fraction of sp³-hybridized carbons (Fsp3) is 0.600. The van der Waals surface area contributed by atoms with Gasteiger partial charge in [0.2, 0.25) is 0 Å². The predicted molar refractivity (Wildman–Crippen MR) is 59.1 cm³/mol. The molecule has 1 fully saturated rings. The molecule has 1 saturated heterocycles. The third-order valence-corrected chi connectivity index (χ3v) is 5.18. The highest BCUT2D eigenvalue weighted by Gasteiger charge is 2.31. The van der Waals surface area contributed by atoms with E-state index in [9.17, 15) is 13.2 Å². The van der Waals surface area contributed by atoms with Gasteiger partial charge in [-0.25, -0.2) is 8.42 Å². The molecule has 88 valence electrons. The quantitative estimate of drug-likeness (QED) is 0.792. The van der Waals surface area contributed by atoms with E-state index in [1.54, 1.807) is 6.07 Å². The van der Waals surface area contributed by atoms with Crippen molar-refractivity contribution in [1.29, 1.82) is 0 Å². The standard InChI is InChI=1S/C10H14N2O3S/c1-7(13)10-6-8(11-12-10)5-9-3-2-4-16(9,14)15/h6,9H,2-5H2,1H3,(H,11,12). The lowest BCUT2D eigenvalue weighted by atomic mass is 10.1. The first-order chi connectivity index (χ1) is 7.49. The maximum atomic E-state index is 11.6.